The number of aromatic nitrogens is 2. The Hall–Kier alpha value is -2.47. The molecular weight excluding hydrogens is 308 g/mol. The van der Waals surface area contributed by atoms with Crippen molar-refractivity contribution < 1.29 is 4.79 Å². The van der Waals surface area contributed by atoms with Crippen LogP contribution in [0.3, 0.4) is 0 Å². The fourth-order valence-corrected chi connectivity index (χ4v) is 4.43. The average molecular weight is 324 g/mol. The van der Waals surface area contributed by atoms with Crippen molar-refractivity contribution in [1.82, 2.24) is 9.97 Å². The second-order valence-corrected chi connectivity index (χ2v) is 6.74. The van der Waals surface area contributed by atoms with Gasteiger partial charge in [-0.2, -0.15) is 0 Å². The smallest absolute Gasteiger partial charge is 0.259 e. The van der Waals surface area contributed by atoms with Crippen molar-refractivity contribution in [1.29, 1.82) is 0 Å². The van der Waals surface area contributed by atoms with Crippen LogP contribution in [0, 0.1) is 0 Å². The van der Waals surface area contributed by atoms with Crippen molar-refractivity contribution in [3.8, 4) is 0 Å². The van der Waals surface area contributed by atoms with Crippen molar-refractivity contribution in [2.24, 2.45) is 5.73 Å². The van der Waals surface area contributed by atoms with Gasteiger partial charge in [-0.05, 0) is 29.5 Å². The minimum absolute atomic E-state index is 0.275. The number of primary amides is 1. The van der Waals surface area contributed by atoms with E-state index in [1.165, 1.54) is 11.3 Å². The zero-order chi connectivity index (χ0) is 15.8. The first kappa shape index (κ1) is 14.1. The summed E-state index contributed by atoms with van der Waals surface area (Å²) in [7, 11) is 0. The van der Waals surface area contributed by atoms with E-state index in [1.807, 2.05) is 24.3 Å². The highest BCUT2D eigenvalue weighted by atomic mass is 32.1. The maximum atomic E-state index is 11.9. The summed E-state index contributed by atoms with van der Waals surface area (Å²) in [5, 5.41) is 1.15. The van der Waals surface area contributed by atoms with Gasteiger partial charge in [0.15, 0.2) is 0 Å². The molecule has 2 aromatic heterocycles. The molecule has 4 rings (SSSR count). The van der Waals surface area contributed by atoms with Crippen molar-refractivity contribution >= 4 is 33.3 Å². The maximum absolute atomic E-state index is 11.9. The number of hydrogen-bond donors (Lipinski definition) is 1. The molecule has 0 unspecified atom stereocenters. The summed E-state index contributed by atoms with van der Waals surface area (Å²) in [6.45, 7) is 1.70. The number of carbonyl (C=O) groups excluding carboxylic acids is 1. The van der Waals surface area contributed by atoms with Crippen LogP contribution in [0.4, 0.5) is 5.95 Å². The molecule has 1 aromatic carbocycles. The Morgan fingerprint density at radius 2 is 2.00 bits per heavy atom. The molecular formula is C17H16N4OS. The SMILES string of the molecule is NC(=O)c1sc2ccccc2c1[C@H]1CCN(c2ncccn2)C1. The molecule has 0 saturated carbocycles. The molecule has 3 heterocycles. The summed E-state index contributed by atoms with van der Waals surface area (Å²) in [6, 6.07) is 9.94. The van der Waals surface area contributed by atoms with E-state index in [0.717, 1.165) is 41.1 Å². The molecule has 1 aliphatic heterocycles. The van der Waals surface area contributed by atoms with Gasteiger partial charge in [0.05, 0.1) is 4.88 Å². The number of thiophene rings is 1. The summed E-state index contributed by atoms with van der Waals surface area (Å²) >= 11 is 1.49. The predicted octanol–water partition coefficient (Wildman–Crippen LogP) is 2.78. The fraction of sp³-hybridized carbons (Fsp3) is 0.235. The third kappa shape index (κ3) is 2.45. The third-order valence-corrected chi connectivity index (χ3v) is 5.49. The lowest BCUT2D eigenvalue weighted by molar-refractivity contribution is 0.100. The molecule has 0 bridgehead atoms. The first-order chi connectivity index (χ1) is 11.2. The Bertz CT molecular complexity index is 861. The van der Waals surface area contributed by atoms with Gasteiger partial charge in [0.25, 0.3) is 5.91 Å². The first-order valence-corrected chi connectivity index (χ1v) is 8.39. The summed E-state index contributed by atoms with van der Waals surface area (Å²) in [5.74, 6) is 0.684. The van der Waals surface area contributed by atoms with Gasteiger partial charge >= 0.3 is 0 Å². The van der Waals surface area contributed by atoms with E-state index in [4.69, 9.17) is 5.73 Å². The van der Waals surface area contributed by atoms with Crippen LogP contribution < -0.4 is 10.6 Å². The van der Waals surface area contributed by atoms with E-state index < -0.39 is 0 Å². The Labute approximate surface area is 137 Å². The van der Waals surface area contributed by atoms with Crippen LogP contribution in [-0.4, -0.2) is 29.0 Å². The molecule has 1 aliphatic rings. The van der Waals surface area contributed by atoms with E-state index in [1.54, 1.807) is 12.4 Å². The van der Waals surface area contributed by atoms with Crippen molar-refractivity contribution in [3.63, 3.8) is 0 Å². The molecule has 0 aliphatic carbocycles. The second-order valence-electron chi connectivity index (χ2n) is 5.69. The Morgan fingerprint density at radius 1 is 1.22 bits per heavy atom. The van der Waals surface area contributed by atoms with Crippen molar-refractivity contribution in [3.05, 3.63) is 53.2 Å². The molecule has 6 heteroatoms. The zero-order valence-corrected chi connectivity index (χ0v) is 13.3. The molecule has 1 atom stereocenters. The number of fused-ring (bicyclic) bond motifs is 1. The minimum atomic E-state index is -0.337. The quantitative estimate of drug-likeness (QED) is 0.804. The summed E-state index contributed by atoms with van der Waals surface area (Å²) in [6.07, 6.45) is 4.48. The summed E-state index contributed by atoms with van der Waals surface area (Å²) < 4.78 is 1.12. The Morgan fingerprint density at radius 3 is 2.78 bits per heavy atom. The van der Waals surface area contributed by atoms with E-state index in [2.05, 4.69) is 20.9 Å². The number of rotatable bonds is 3. The largest absolute Gasteiger partial charge is 0.365 e. The number of amides is 1. The highest BCUT2D eigenvalue weighted by Gasteiger charge is 2.30. The van der Waals surface area contributed by atoms with Gasteiger partial charge in [0.1, 0.15) is 0 Å². The van der Waals surface area contributed by atoms with E-state index >= 15 is 0 Å². The van der Waals surface area contributed by atoms with Gasteiger partial charge in [-0.1, -0.05) is 18.2 Å². The summed E-state index contributed by atoms with van der Waals surface area (Å²) in [5.41, 5.74) is 6.72. The Kier molecular flexibility index (Phi) is 3.46. The lowest BCUT2D eigenvalue weighted by Crippen LogP contribution is -2.22. The van der Waals surface area contributed by atoms with Gasteiger partial charge in [-0.25, -0.2) is 9.97 Å². The molecule has 0 spiro atoms. The van der Waals surface area contributed by atoms with Crippen LogP contribution in [0.2, 0.25) is 0 Å². The molecule has 116 valence electrons. The lowest BCUT2D eigenvalue weighted by Gasteiger charge is -2.16. The number of hydrogen-bond acceptors (Lipinski definition) is 5. The number of benzene rings is 1. The van der Waals surface area contributed by atoms with Gasteiger partial charge in [-0.3, -0.25) is 4.79 Å². The maximum Gasteiger partial charge on any atom is 0.259 e. The van der Waals surface area contributed by atoms with E-state index in [-0.39, 0.29) is 11.8 Å². The normalized spacial score (nSPS) is 17.7. The fourth-order valence-electron chi connectivity index (χ4n) is 3.29. The third-order valence-electron chi connectivity index (χ3n) is 4.29. The molecule has 1 saturated heterocycles. The molecule has 23 heavy (non-hydrogen) atoms. The topological polar surface area (TPSA) is 72.1 Å². The van der Waals surface area contributed by atoms with E-state index in [9.17, 15) is 4.79 Å². The monoisotopic (exact) mass is 324 g/mol. The zero-order valence-electron chi connectivity index (χ0n) is 12.5. The second kappa shape index (κ2) is 5.62. The van der Waals surface area contributed by atoms with Crippen LogP contribution in [0.15, 0.2) is 42.7 Å². The van der Waals surface area contributed by atoms with Gasteiger partial charge < -0.3 is 10.6 Å². The van der Waals surface area contributed by atoms with Crippen LogP contribution in [0.5, 0.6) is 0 Å². The number of carbonyl (C=O) groups is 1. The minimum Gasteiger partial charge on any atom is -0.365 e. The molecule has 2 N–H and O–H groups in total. The molecule has 1 amide bonds. The van der Waals surface area contributed by atoms with Gasteiger partial charge in [-0.15, -0.1) is 11.3 Å². The number of anilines is 1. The Balaban J connectivity index is 1.73. The highest BCUT2D eigenvalue weighted by molar-refractivity contribution is 7.21. The standard InChI is InChI=1S/C17H16N4OS/c18-16(22)15-14(12-4-1-2-5-13(12)23-15)11-6-9-21(10-11)17-19-7-3-8-20-17/h1-5,7-8,11H,6,9-10H2,(H2,18,22)/t11-/m0/s1. The summed E-state index contributed by atoms with van der Waals surface area (Å²) in [4.78, 5) is 23.4. The van der Waals surface area contributed by atoms with Crippen LogP contribution in [0.25, 0.3) is 10.1 Å². The molecule has 5 nitrogen and oxygen atoms in total. The molecule has 3 aromatic rings. The van der Waals surface area contributed by atoms with Crippen LogP contribution in [-0.2, 0) is 0 Å². The highest BCUT2D eigenvalue weighted by Crippen LogP contribution is 2.40. The van der Waals surface area contributed by atoms with Crippen LogP contribution >= 0.6 is 11.3 Å². The molecule has 0 radical (unpaired) electrons. The van der Waals surface area contributed by atoms with Crippen molar-refractivity contribution in [2.45, 2.75) is 12.3 Å². The van der Waals surface area contributed by atoms with Crippen LogP contribution in [0.1, 0.15) is 27.6 Å². The van der Waals surface area contributed by atoms with Gasteiger partial charge in [0, 0.05) is 36.1 Å². The molecule has 1 fully saturated rings. The number of nitrogens with two attached hydrogens (primary N) is 1. The average Bonchev–Trinajstić information content (AvgIpc) is 3.20. The van der Waals surface area contributed by atoms with Crippen molar-refractivity contribution in [2.75, 3.05) is 18.0 Å². The first-order valence-electron chi connectivity index (χ1n) is 7.57. The predicted molar refractivity (Wildman–Crippen MR) is 91.9 cm³/mol. The van der Waals surface area contributed by atoms with Gasteiger partial charge in [0.2, 0.25) is 5.95 Å². The van der Waals surface area contributed by atoms with E-state index in [0.29, 0.717) is 4.88 Å². The number of nitrogens with zero attached hydrogens (tertiary/aromatic N) is 3. The lowest BCUT2D eigenvalue weighted by atomic mass is 9.95.